The molecule has 1 rings (SSSR count). The molecule has 2 unspecified atom stereocenters. The van der Waals surface area contributed by atoms with Gasteiger partial charge in [-0.1, -0.05) is 25.5 Å². The molecule has 2 atom stereocenters. The highest BCUT2D eigenvalue weighted by atomic mass is 16.5. The Morgan fingerprint density at radius 3 is 2.80 bits per heavy atom. The molecular weight excluding hydrogens is 188 g/mol. The second-order valence-corrected chi connectivity index (χ2v) is 4.53. The van der Waals surface area contributed by atoms with Gasteiger partial charge in [-0.15, -0.1) is 0 Å². The molecule has 15 heavy (non-hydrogen) atoms. The third kappa shape index (κ3) is 5.60. The fourth-order valence-corrected chi connectivity index (χ4v) is 1.87. The van der Waals surface area contributed by atoms with Crippen molar-refractivity contribution in [3.05, 3.63) is 12.2 Å². The van der Waals surface area contributed by atoms with Crippen molar-refractivity contribution in [2.24, 2.45) is 5.92 Å². The third-order valence-electron chi connectivity index (χ3n) is 2.83. The van der Waals surface area contributed by atoms with Crippen LogP contribution in [0, 0.1) is 5.92 Å². The third-order valence-corrected chi connectivity index (χ3v) is 2.83. The van der Waals surface area contributed by atoms with Crippen LogP contribution in [0.5, 0.6) is 0 Å². The van der Waals surface area contributed by atoms with Gasteiger partial charge in [0.2, 0.25) is 0 Å². The lowest BCUT2D eigenvalue weighted by Crippen LogP contribution is -2.14. The van der Waals surface area contributed by atoms with Crippen LogP contribution in [0.25, 0.3) is 0 Å². The van der Waals surface area contributed by atoms with E-state index in [-0.39, 0.29) is 12.1 Å². The predicted molar refractivity (Wildman–Crippen MR) is 61.6 cm³/mol. The molecule has 2 nitrogen and oxygen atoms in total. The molecule has 0 amide bonds. The van der Waals surface area contributed by atoms with Crippen LogP contribution in [0.1, 0.15) is 52.4 Å². The van der Waals surface area contributed by atoms with E-state index in [0.29, 0.717) is 12.3 Å². The van der Waals surface area contributed by atoms with E-state index in [1.165, 1.54) is 12.8 Å². The maximum Gasteiger partial charge on any atom is 0.306 e. The number of rotatable bonds is 0. The number of esters is 1. The summed E-state index contributed by atoms with van der Waals surface area (Å²) in [4.78, 5) is 11.3. The highest BCUT2D eigenvalue weighted by molar-refractivity contribution is 5.69. The standard InChI is InChI=1S/C13H22O2/c1-11-7-3-5-9-12(2)15-13(14)10-6-4-8-11/h4,8,11-12H,3,5-7,9-10H2,1-2H3. The summed E-state index contributed by atoms with van der Waals surface area (Å²) in [5.74, 6) is 0.594. The quantitative estimate of drug-likeness (QED) is 0.452. The Morgan fingerprint density at radius 2 is 2.00 bits per heavy atom. The first-order valence-electron chi connectivity index (χ1n) is 6.04. The Balaban J connectivity index is 2.44. The van der Waals surface area contributed by atoms with Crippen molar-refractivity contribution in [2.45, 2.75) is 58.5 Å². The number of ether oxygens (including phenoxy) is 1. The van der Waals surface area contributed by atoms with Crippen LogP contribution in [0.15, 0.2) is 12.2 Å². The lowest BCUT2D eigenvalue weighted by molar-refractivity contribution is -0.148. The molecule has 2 heteroatoms. The van der Waals surface area contributed by atoms with Crippen molar-refractivity contribution >= 4 is 5.97 Å². The number of allylic oxidation sites excluding steroid dienone is 2. The van der Waals surface area contributed by atoms with Gasteiger partial charge in [0.05, 0.1) is 6.10 Å². The van der Waals surface area contributed by atoms with E-state index in [4.69, 9.17) is 4.74 Å². The minimum Gasteiger partial charge on any atom is -0.463 e. The molecule has 0 bridgehead atoms. The molecule has 86 valence electrons. The minimum absolute atomic E-state index is 0.0552. The van der Waals surface area contributed by atoms with Crippen LogP contribution in [-0.4, -0.2) is 12.1 Å². The molecule has 1 aliphatic heterocycles. The zero-order chi connectivity index (χ0) is 11.1. The molecule has 1 aliphatic rings. The maximum absolute atomic E-state index is 11.3. The van der Waals surface area contributed by atoms with Gasteiger partial charge in [0.1, 0.15) is 0 Å². The van der Waals surface area contributed by atoms with Gasteiger partial charge in [0, 0.05) is 6.42 Å². The monoisotopic (exact) mass is 210 g/mol. The molecule has 0 N–H and O–H groups in total. The molecule has 0 spiro atoms. The number of carbonyl (C=O) groups excluding carboxylic acids is 1. The highest BCUT2D eigenvalue weighted by Crippen LogP contribution is 2.15. The summed E-state index contributed by atoms with van der Waals surface area (Å²) in [7, 11) is 0. The van der Waals surface area contributed by atoms with E-state index >= 15 is 0 Å². The summed E-state index contributed by atoms with van der Waals surface area (Å²) in [6.07, 6.45) is 10.4. The maximum atomic E-state index is 11.3. The van der Waals surface area contributed by atoms with Crippen LogP contribution in [0.3, 0.4) is 0 Å². The van der Waals surface area contributed by atoms with Gasteiger partial charge in [0.25, 0.3) is 0 Å². The van der Waals surface area contributed by atoms with Gasteiger partial charge >= 0.3 is 5.97 Å². The molecular formula is C13H22O2. The molecule has 0 aromatic heterocycles. The molecule has 0 saturated carbocycles. The largest absolute Gasteiger partial charge is 0.463 e. The summed E-state index contributed by atoms with van der Waals surface area (Å²) >= 11 is 0. The smallest absolute Gasteiger partial charge is 0.306 e. The van der Waals surface area contributed by atoms with E-state index < -0.39 is 0 Å². The van der Waals surface area contributed by atoms with Gasteiger partial charge in [-0.05, 0) is 38.5 Å². The molecule has 0 saturated heterocycles. The van der Waals surface area contributed by atoms with Gasteiger partial charge in [-0.25, -0.2) is 0 Å². The predicted octanol–water partition coefficient (Wildman–Crippen LogP) is 3.46. The van der Waals surface area contributed by atoms with Crippen LogP contribution in [-0.2, 0) is 9.53 Å². The van der Waals surface area contributed by atoms with E-state index in [1.807, 2.05) is 6.92 Å². The van der Waals surface area contributed by atoms with E-state index in [0.717, 1.165) is 19.3 Å². The first-order valence-corrected chi connectivity index (χ1v) is 6.04. The van der Waals surface area contributed by atoms with E-state index in [2.05, 4.69) is 19.1 Å². The molecule has 0 aromatic carbocycles. The lowest BCUT2D eigenvalue weighted by Gasteiger charge is -2.14. The van der Waals surface area contributed by atoms with Crippen LogP contribution >= 0.6 is 0 Å². The van der Waals surface area contributed by atoms with E-state index in [1.54, 1.807) is 0 Å². The minimum atomic E-state index is -0.0552. The Hall–Kier alpha value is -0.790. The summed E-state index contributed by atoms with van der Waals surface area (Å²) < 4.78 is 5.28. The topological polar surface area (TPSA) is 26.3 Å². The summed E-state index contributed by atoms with van der Waals surface area (Å²) in [5, 5.41) is 0. The van der Waals surface area contributed by atoms with Crippen molar-refractivity contribution in [1.82, 2.24) is 0 Å². The van der Waals surface area contributed by atoms with Gasteiger partial charge in [-0.3, -0.25) is 4.79 Å². The normalized spacial score (nSPS) is 30.1. The zero-order valence-electron chi connectivity index (χ0n) is 9.87. The highest BCUT2D eigenvalue weighted by Gasteiger charge is 2.09. The summed E-state index contributed by atoms with van der Waals surface area (Å²) in [6, 6.07) is 0. The number of hydrogen-bond acceptors (Lipinski definition) is 2. The van der Waals surface area contributed by atoms with Crippen molar-refractivity contribution < 1.29 is 9.53 Å². The van der Waals surface area contributed by atoms with Gasteiger partial charge < -0.3 is 4.74 Å². The second-order valence-electron chi connectivity index (χ2n) is 4.53. The van der Waals surface area contributed by atoms with E-state index in [9.17, 15) is 4.79 Å². The Kier molecular flexibility index (Phi) is 5.44. The molecule has 1 heterocycles. The molecule has 0 fully saturated rings. The van der Waals surface area contributed by atoms with Crippen LogP contribution in [0.2, 0.25) is 0 Å². The Bertz CT molecular complexity index is 221. The molecule has 0 aliphatic carbocycles. The fraction of sp³-hybridized carbons (Fsp3) is 0.769. The number of carbonyl (C=O) groups is 1. The number of cyclic esters (lactones) is 1. The van der Waals surface area contributed by atoms with Crippen molar-refractivity contribution in [2.75, 3.05) is 0 Å². The first kappa shape index (κ1) is 12.3. The number of hydrogen-bond donors (Lipinski definition) is 0. The fourth-order valence-electron chi connectivity index (χ4n) is 1.87. The van der Waals surface area contributed by atoms with Gasteiger partial charge in [-0.2, -0.15) is 0 Å². The molecule has 0 aromatic rings. The molecule has 0 radical (unpaired) electrons. The first-order chi connectivity index (χ1) is 7.18. The lowest BCUT2D eigenvalue weighted by atomic mass is 10.0. The average molecular weight is 210 g/mol. The van der Waals surface area contributed by atoms with Gasteiger partial charge in [0.15, 0.2) is 0 Å². The van der Waals surface area contributed by atoms with Crippen molar-refractivity contribution in [1.29, 1.82) is 0 Å². The summed E-state index contributed by atoms with van der Waals surface area (Å²) in [6.45, 7) is 4.23. The SMILES string of the molecule is CC1C=CCCC(=O)OC(C)CCCC1. The van der Waals surface area contributed by atoms with Crippen molar-refractivity contribution in [3.63, 3.8) is 0 Å². The zero-order valence-corrected chi connectivity index (χ0v) is 9.87. The average Bonchev–Trinajstić information content (AvgIpc) is 2.18. The second kappa shape index (κ2) is 6.65. The Morgan fingerprint density at radius 1 is 1.27 bits per heavy atom. The Labute approximate surface area is 92.7 Å². The van der Waals surface area contributed by atoms with Crippen molar-refractivity contribution in [3.8, 4) is 0 Å². The van der Waals surface area contributed by atoms with Crippen LogP contribution in [0.4, 0.5) is 0 Å². The van der Waals surface area contributed by atoms with Crippen LogP contribution < -0.4 is 0 Å². The summed E-state index contributed by atoms with van der Waals surface area (Å²) in [5.41, 5.74) is 0.